The normalized spacial score (nSPS) is 22.0. The molecule has 0 aromatic heterocycles. The SMILES string of the molecule is Clc1ccc(Cl)c([C@@H]2CCN2)c1. The minimum atomic E-state index is 0.413. The van der Waals surface area contributed by atoms with Gasteiger partial charge in [-0.3, -0.25) is 0 Å². The highest BCUT2D eigenvalue weighted by Crippen LogP contribution is 2.31. The maximum atomic E-state index is 6.01. The standard InChI is InChI=1S/C9H9Cl2N/c10-6-1-2-8(11)7(5-6)9-3-4-12-9/h1-2,5,9,12H,3-4H2/t9-/m0/s1. The summed E-state index contributed by atoms with van der Waals surface area (Å²) < 4.78 is 0. The topological polar surface area (TPSA) is 12.0 Å². The lowest BCUT2D eigenvalue weighted by atomic mass is 9.98. The molecule has 1 N–H and O–H groups in total. The lowest BCUT2D eigenvalue weighted by Gasteiger charge is -2.28. The van der Waals surface area contributed by atoms with Crippen LogP contribution in [0.1, 0.15) is 18.0 Å². The van der Waals surface area contributed by atoms with Crippen LogP contribution in [0.4, 0.5) is 0 Å². The van der Waals surface area contributed by atoms with Gasteiger partial charge in [0.25, 0.3) is 0 Å². The predicted octanol–water partition coefficient (Wildman–Crippen LogP) is 3.03. The molecule has 1 fully saturated rings. The van der Waals surface area contributed by atoms with E-state index in [1.54, 1.807) is 0 Å². The molecule has 0 unspecified atom stereocenters. The predicted molar refractivity (Wildman–Crippen MR) is 51.8 cm³/mol. The van der Waals surface area contributed by atoms with Crippen molar-refractivity contribution in [2.75, 3.05) is 6.54 Å². The smallest absolute Gasteiger partial charge is 0.0454 e. The van der Waals surface area contributed by atoms with Crippen molar-refractivity contribution in [2.24, 2.45) is 0 Å². The molecule has 1 aliphatic heterocycles. The first-order valence-electron chi connectivity index (χ1n) is 3.96. The number of halogens is 2. The summed E-state index contributed by atoms with van der Waals surface area (Å²) in [7, 11) is 0. The number of nitrogens with one attached hydrogen (secondary N) is 1. The molecule has 0 bridgehead atoms. The monoisotopic (exact) mass is 201 g/mol. The third-order valence-electron chi connectivity index (χ3n) is 2.16. The van der Waals surface area contributed by atoms with Crippen LogP contribution in [-0.2, 0) is 0 Å². The lowest BCUT2D eigenvalue weighted by molar-refractivity contribution is 0.383. The Morgan fingerprint density at radius 1 is 1.33 bits per heavy atom. The Labute approximate surface area is 81.7 Å². The van der Waals surface area contributed by atoms with Gasteiger partial charge in [-0.1, -0.05) is 23.2 Å². The Kier molecular flexibility index (Phi) is 2.26. The van der Waals surface area contributed by atoms with Crippen molar-refractivity contribution < 1.29 is 0 Å². The summed E-state index contributed by atoms with van der Waals surface area (Å²) in [5.74, 6) is 0. The van der Waals surface area contributed by atoms with Crippen molar-refractivity contribution in [3.8, 4) is 0 Å². The van der Waals surface area contributed by atoms with E-state index in [1.165, 1.54) is 0 Å². The highest BCUT2D eigenvalue weighted by molar-refractivity contribution is 6.33. The zero-order valence-corrected chi connectivity index (χ0v) is 7.99. The zero-order chi connectivity index (χ0) is 8.55. The number of rotatable bonds is 1. The van der Waals surface area contributed by atoms with Gasteiger partial charge >= 0.3 is 0 Å². The third-order valence-corrected chi connectivity index (χ3v) is 2.74. The lowest BCUT2D eigenvalue weighted by Crippen LogP contribution is -2.35. The average Bonchev–Trinajstić information content (AvgIpc) is 1.93. The highest BCUT2D eigenvalue weighted by Gasteiger charge is 2.20. The Morgan fingerprint density at radius 2 is 2.08 bits per heavy atom. The molecule has 1 heterocycles. The zero-order valence-electron chi connectivity index (χ0n) is 6.48. The van der Waals surface area contributed by atoms with Gasteiger partial charge < -0.3 is 5.32 Å². The van der Waals surface area contributed by atoms with E-state index in [1.807, 2.05) is 18.2 Å². The van der Waals surface area contributed by atoms with E-state index in [2.05, 4.69) is 5.32 Å². The van der Waals surface area contributed by atoms with Gasteiger partial charge in [0.05, 0.1) is 0 Å². The molecule has 1 nitrogen and oxygen atoms in total. The fourth-order valence-electron chi connectivity index (χ4n) is 1.34. The van der Waals surface area contributed by atoms with Gasteiger partial charge in [0.1, 0.15) is 0 Å². The first-order chi connectivity index (χ1) is 5.77. The minimum Gasteiger partial charge on any atom is -0.310 e. The van der Waals surface area contributed by atoms with Crippen LogP contribution in [0.5, 0.6) is 0 Å². The summed E-state index contributed by atoms with van der Waals surface area (Å²) in [4.78, 5) is 0. The molecular weight excluding hydrogens is 193 g/mol. The van der Waals surface area contributed by atoms with E-state index in [0.717, 1.165) is 28.6 Å². The van der Waals surface area contributed by atoms with Crippen LogP contribution in [0.25, 0.3) is 0 Å². The van der Waals surface area contributed by atoms with Crippen molar-refractivity contribution in [3.63, 3.8) is 0 Å². The molecular formula is C9H9Cl2N. The van der Waals surface area contributed by atoms with Crippen molar-refractivity contribution in [1.29, 1.82) is 0 Å². The second-order valence-corrected chi connectivity index (χ2v) is 3.80. The van der Waals surface area contributed by atoms with Crippen LogP contribution < -0.4 is 5.32 Å². The van der Waals surface area contributed by atoms with Crippen LogP contribution in [0.3, 0.4) is 0 Å². The Hall–Kier alpha value is -0.240. The molecule has 1 aliphatic rings. The molecule has 3 heteroatoms. The molecule has 1 atom stereocenters. The molecule has 0 amide bonds. The van der Waals surface area contributed by atoms with Gasteiger partial charge in [-0.25, -0.2) is 0 Å². The van der Waals surface area contributed by atoms with Crippen molar-refractivity contribution >= 4 is 23.2 Å². The molecule has 0 aliphatic carbocycles. The first kappa shape index (κ1) is 8.36. The second kappa shape index (κ2) is 3.25. The first-order valence-corrected chi connectivity index (χ1v) is 4.71. The molecule has 0 spiro atoms. The number of benzene rings is 1. The number of hydrogen-bond donors (Lipinski definition) is 1. The quantitative estimate of drug-likeness (QED) is 0.737. The molecule has 1 aromatic carbocycles. The molecule has 0 radical (unpaired) electrons. The Morgan fingerprint density at radius 3 is 2.67 bits per heavy atom. The van der Waals surface area contributed by atoms with Crippen molar-refractivity contribution in [2.45, 2.75) is 12.5 Å². The van der Waals surface area contributed by atoms with Gasteiger partial charge in [0.2, 0.25) is 0 Å². The van der Waals surface area contributed by atoms with Crippen LogP contribution in [0.2, 0.25) is 10.0 Å². The third kappa shape index (κ3) is 1.45. The van der Waals surface area contributed by atoms with E-state index in [-0.39, 0.29) is 0 Å². The van der Waals surface area contributed by atoms with Gasteiger partial charge in [0, 0.05) is 16.1 Å². The molecule has 64 valence electrons. The summed E-state index contributed by atoms with van der Waals surface area (Å²) in [6.45, 7) is 1.08. The van der Waals surface area contributed by atoms with Crippen LogP contribution >= 0.6 is 23.2 Å². The molecule has 1 saturated heterocycles. The Balaban J connectivity index is 2.34. The van der Waals surface area contributed by atoms with Gasteiger partial charge in [-0.2, -0.15) is 0 Å². The minimum absolute atomic E-state index is 0.413. The van der Waals surface area contributed by atoms with Crippen LogP contribution in [0.15, 0.2) is 18.2 Å². The fraction of sp³-hybridized carbons (Fsp3) is 0.333. The summed E-state index contributed by atoms with van der Waals surface area (Å²) in [5.41, 5.74) is 1.12. The second-order valence-electron chi connectivity index (χ2n) is 2.96. The van der Waals surface area contributed by atoms with E-state index < -0.39 is 0 Å². The molecule has 0 saturated carbocycles. The summed E-state index contributed by atoms with van der Waals surface area (Å²) in [5, 5.41) is 4.84. The average molecular weight is 202 g/mol. The molecule has 12 heavy (non-hydrogen) atoms. The molecule has 2 rings (SSSR count). The van der Waals surface area contributed by atoms with Crippen molar-refractivity contribution in [1.82, 2.24) is 5.32 Å². The largest absolute Gasteiger partial charge is 0.310 e. The van der Waals surface area contributed by atoms with Crippen LogP contribution in [0, 0.1) is 0 Å². The fourth-order valence-corrected chi connectivity index (χ4v) is 1.77. The summed E-state index contributed by atoms with van der Waals surface area (Å²) >= 11 is 11.9. The number of hydrogen-bond acceptors (Lipinski definition) is 1. The van der Waals surface area contributed by atoms with Gasteiger partial charge in [0.15, 0.2) is 0 Å². The van der Waals surface area contributed by atoms with Crippen molar-refractivity contribution in [3.05, 3.63) is 33.8 Å². The summed E-state index contributed by atoms with van der Waals surface area (Å²) in [6, 6.07) is 6.00. The van der Waals surface area contributed by atoms with E-state index in [0.29, 0.717) is 6.04 Å². The van der Waals surface area contributed by atoms with E-state index in [9.17, 15) is 0 Å². The van der Waals surface area contributed by atoms with E-state index in [4.69, 9.17) is 23.2 Å². The Bertz CT molecular complexity index is 295. The van der Waals surface area contributed by atoms with Crippen LogP contribution in [-0.4, -0.2) is 6.54 Å². The van der Waals surface area contributed by atoms with Gasteiger partial charge in [-0.15, -0.1) is 0 Å². The maximum absolute atomic E-state index is 6.01. The molecule has 1 aromatic rings. The highest BCUT2D eigenvalue weighted by atomic mass is 35.5. The van der Waals surface area contributed by atoms with E-state index >= 15 is 0 Å². The maximum Gasteiger partial charge on any atom is 0.0454 e. The van der Waals surface area contributed by atoms with Gasteiger partial charge in [-0.05, 0) is 36.7 Å². The summed E-state index contributed by atoms with van der Waals surface area (Å²) in [6.07, 6.45) is 1.15.